The highest BCUT2D eigenvalue weighted by molar-refractivity contribution is 5.88. The zero-order valence-corrected chi connectivity index (χ0v) is 10.2. The predicted octanol–water partition coefficient (Wildman–Crippen LogP) is 2.06. The number of carboxylic acid groups (broad SMARTS) is 1. The molecule has 0 radical (unpaired) electrons. The molecule has 0 heterocycles. The van der Waals surface area contributed by atoms with Crippen LogP contribution in [0.4, 0.5) is 5.69 Å². The molecule has 6 heteroatoms. The fourth-order valence-electron chi connectivity index (χ4n) is 2.59. The number of carbonyl (C=O) groups excluding carboxylic acids is 1. The number of carbonyl (C=O) groups is 2. The van der Waals surface area contributed by atoms with E-state index in [1.54, 1.807) is 6.07 Å². The van der Waals surface area contributed by atoms with Crippen molar-refractivity contribution in [3.8, 4) is 0 Å². The molecule has 1 fully saturated rings. The van der Waals surface area contributed by atoms with E-state index in [0.717, 1.165) is 0 Å². The number of hydrogen-bond donors (Lipinski definition) is 1. The van der Waals surface area contributed by atoms with E-state index in [0.29, 0.717) is 0 Å². The molecule has 0 atom stereocenters. The second-order valence-corrected chi connectivity index (χ2v) is 4.70. The zero-order chi connectivity index (χ0) is 14.0. The quantitative estimate of drug-likeness (QED) is 0.664. The van der Waals surface area contributed by atoms with Gasteiger partial charge in [-0.3, -0.25) is 19.7 Å². The van der Waals surface area contributed by atoms with Crippen LogP contribution in [0.2, 0.25) is 0 Å². The summed E-state index contributed by atoms with van der Waals surface area (Å²) in [5, 5.41) is 20.5. The van der Waals surface area contributed by atoms with Gasteiger partial charge in [0.1, 0.15) is 11.2 Å². The fourth-order valence-corrected chi connectivity index (χ4v) is 2.59. The molecule has 19 heavy (non-hydrogen) atoms. The standard InChI is InChI=1S/C13H13NO5/c15-9-5-7-13(8-6-9,12(16)17)10-3-1-2-4-11(10)14(18)19/h1-4H,5-8H2,(H,16,17). The molecule has 0 aromatic heterocycles. The monoisotopic (exact) mass is 263 g/mol. The van der Waals surface area contributed by atoms with Crippen LogP contribution in [0.5, 0.6) is 0 Å². The summed E-state index contributed by atoms with van der Waals surface area (Å²) < 4.78 is 0. The summed E-state index contributed by atoms with van der Waals surface area (Å²) in [6.45, 7) is 0. The van der Waals surface area contributed by atoms with Gasteiger partial charge in [0.2, 0.25) is 0 Å². The third-order valence-corrected chi connectivity index (χ3v) is 3.69. The van der Waals surface area contributed by atoms with E-state index < -0.39 is 16.3 Å². The molecule has 1 N–H and O–H groups in total. The lowest BCUT2D eigenvalue weighted by Gasteiger charge is -2.32. The summed E-state index contributed by atoms with van der Waals surface area (Å²) in [4.78, 5) is 33.4. The van der Waals surface area contributed by atoms with Crippen molar-refractivity contribution in [3.63, 3.8) is 0 Å². The molecule has 0 unspecified atom stereocenters. The molecular weight excluding hydrogens is 250 g/mol. The lowest BCUT2D eigenvalue weighted by molar-refractivity contribution is -0.386. The summed E-state index contributed by atoms with van der Waals surface area (Å²) in [6.07, 6.45) is 0.536. The Labute approximate surface area is 109 Å². The highest BCUT2D eigenvalue weighted by atomic mass is 16.6. The Hall–Kier alpha value is -2.24. The van der Waals surface area contributed by atoms with E-state index in [1.165, 1.54) is 18.2 Å². The Morgan fingerprint density at radius 3 is 2.37 bits per heavy atom. The normalized spacial score (nSPS) is 18.0. The molecule has 100 valence electrons. The van der Waals surface area contributed by atoms with Gasteiger partial charge < -0.3 is 5.11 Å². The molecule has 0 aliphatic heterocycles. The summed E-state index contributed by atoms with van der Waals surface area (Å²) in [6, 6.07) is 5.87. The minimum Gasteiger partial charge on any atom is -0.481 e. The number of para-hydroxylation sites is 1. The number of nitrogens with zero attached hydrogens (tertiary/aromatic N) is 1. The average Bonchev–Trinajstić information content (AvgIpc) is 2.39. The largest absolute Gasteiger partial charge is 0.481 e. The highest BCUT2D eigenvalue weighted by Crippen LogP contribution is 2.42. The Morgan fingerprint density at radius 2 is 1.84 bits per heavy atom. The first kappa shape index (κ1) is 13.2. The van der Waals surface area contributed by atoms with Crippen molar-refractivity contribution in [3.05, 3.63) is 39.9 Å². The number of aliphatic carboxylic acids is 1. The van der Waals surface area contributed by atoms with E-state index in [-0.39, 0.29) is 42.7 Å². The van der Waals surface area contributed by atoms with Gasteiger partial charge in [0.05, 0.1) is 4.92 Å². The summed E-state index contributed by atoms with van der Waals surface area (Å²) in [5.74, 6) is -1.09. The van der Waals surface area contributed by atoms with Crippen molar-refractivity contribution in [2.75, 3.05) is 0 Å². The van der Waals surface area contributed by atoms with Crippen LogP contribution in [0.25, 0.3) is 0 Å². The van der Waals surface area contributed by atoms with Crippen LogP contribution in [-0.4, -0.2) is 21.8 Å². The van der Waals surface area contributed by atoms with Crippen molar-refractivity contribution < 1.29 is 19.6 Å². The minimum atomic E-state index is -1.32. The topological polar surface area (TPSA) is 97.5 Å². The Kier molecular flexibility index (Phi) is 3.33. The number of nitro groups is 1. The lowest BCUT2D eigenvalue weighted by atomic mass is 9.68. The van der Waals surface area contributed by atoms with Gasteiger partial charge in [0.15, 0.2) is 0 Å². The van der Waals surface area contributed by atoms with E-state index in [9.17, 15) is 24.8 Å². The first-order chi connectivity index (χ1) is 8.97. The van der Waals surface area contributed by atoms with Gasteiger partial charge in [0, 0.05) is 24.5 Å². The first-order valence-corrected chi connectivity index (χ1v) is 5.96. The zero-order valence-electron chi connectivity index (χ0n) is 10.2. The molecular formula is C13H13NO5. The summed E-state index contributed by atoms with van der Waals surface area (Å²) in [7, 11) is 0. The number of Topliss-reactive ketones (excluding diaryl/α,β-unsaturated/α-hetero) is 1. The third-order valence-electron chi connectivity index (χ3n) is 3.69. The van der Waals surface area contributed by atoms with Crippen molar-refractivity contribution in [1.82, 2.24) is 0 Å². The van der Waals surface area contributed by atoms with Crippen LogP contribution in [0.15, 0.2) is 24.3 Å². The van der Waals surface area contributed by atoms with Crippen LogP contribution in [-0.2, 0) is 15.0 Å². The van der Waals surface area contributed by atoms with Gasteiger partial charge in [-0.05, 0) is 12.8 Å². The van der Waals surface area contributed by atoms with Gasteiger partial charge >= 0.3 is 5.97 Å². The van der Waals surface area contributed by atoms with Crippen LogP contribution in [0, 0.1) is 10.1 Å². The molecule has 1 aliphatic rings. The van der Waals surface area contributed by atoms with Gasteiger partial charge in [-0.1, -0.05) is 18.2 Å². The predicted molar refractivity (Wildman–Crippen MR) is 65.9 cm³/mol. The van der Waals surface area contributed by atoms with Gasteiger partial charge in [-0.2, -0.15) is 0 Å². The van der Waals surface area contributed by atoms with E-state index in [2.05, 4.69) is 0 Å². The van der Waals surface area contributed by atoms with Crippen molar-refractivity contribution in [2.24, 2.45) is 0 Å². The molecule has 2 rings (SSSR count). The lowest BCUT2D eigenvalue weighted by Crippen LogP contribution is -2.40. The molecule has 0 spiro atoms. The number of ketones is 1. The molecule has 6 nitrogen and oxygen atoms in total. The van der Waals surface area contributed by atoms with Gasteiger partial charge in [0.25, 0.3) is 5.69 Å². The maximum Gasteiger partial charge on any atom is 0.314 e. The number of benzene rings is 1. The van der Waals surface area contributed by atoms with Crippen molar-refractivity contribution in [2.45, 2.75) is 31.1 Å². The molecule has 1 aromatic rings. The van der Waals surface area contributed by atoms with Crippen molar-refractivity contribution in [1.29, 1.82) is 0 Å². The maximum absolute atomic E-state index is 11.6. The van der Waals surface area contributed by atoms with Crippen LogP contribution in [0.3, 0.4) is 0 Å². The smallest absolute Gasteiger partial charge is 0.314 e. The molecule has 1 aliphatic carbocycles. The molecule has 1 aromatic carbocycles. The SMILES string of the molecule is O=C1CCC(C(=O)O)(c2ccccc2[N+](=O)[O-])CC1. The van der Waals surface area contributed by atoms with Gasteiger partial charge in [-0.15, -0.1) is 0 Å². The average molecular weight is 263 g/mol. The van der Waals surface area contributed by atoms with Crippen LogP contribution >= 0.6 is 0 Å². The number of carboxylic acids is 1. The number of nitro benzene ring substituents is 1. The maximum atomic E-state index is 11.6. The van der Waals surface area contributed by atoms with E-state index in [4.69, 9.17) is 0 Å². The van der Waals surface area contributed by atoms with Crippen LogP contribution in [0.1, 0.15) is 31.2 Å². The van der Waals surface area contributed by atoms with E-state index >= 15 is 0 Å². The molecule has 0 amide bonds. The highest BCUT2D eigenvalue weighted by Gasteiger charge is 2.46. The Bertz CT molecular complexity index is 542. The molecule has 0 bridgehead atoms. The summed E-state index contributed by atoms with van der Waals surface area (Å²) in [5.41, 5.74) is -1.32. The second-order valence-electron chi connectivity index (χ2n) is 4.70. The van der Waals surface area contributed by atoms with Gasteiger partial charge in [-0.25, -0.2) is 0 Å². The Balaban J connectivity index is 2.54. The van der Waals surface area contributed by atoms with Crippen LogP contribution < -0.4 is 0 Å². The third kappa shape index (κ3) is 2.21. The fraction of sp³-hybridized carbons (Fsp3) is 0.385. The molecule has 0 saturated heterocycles. The number of hydrogen-bond acceptors (Lipinski definition) is 4. The first-order valence-electron chi connectivity index (χ1n) is 5.96. The minimum absolute atomic E-state index is 0.00968. The molecule has 1 saturated carbocycles. The number of rotatable bonds is 3. The second kappa shape index (κ2) is 4.79. The van der Waals surface area contributed by atoms with E-state index in [1.807, 2.05) is 0 Å². The summed E-state index contributed by atoms with van der Waals surface area (Å²) >= 11 is 0. The Morgan fingerprint density at radius 1 is 1.26 bits per heavy atom. The van der Waals surface area contributed by atoms with Crippen molar-refractivity contribution >= 4 is 17.4 Å².